The summed E-state index contributed by atoms with van der Waals surface area (Å²) in [6.45, 7) is 4.11. The van der Waals surface area contributed by atoms with Crippen LogP contribution in [0.25, 0.3) is 6.08 Å². The zero-order chi connectivity index (χ0) is 20.3. The third-order valence-corrected chi connectivity index (χ3v) is 5.96. The van der Waals surface area contributed by atoms with E-state index in [0.717, 1.165) is 34.4 Å². The number of imide groups is 1. The molecule has 0 aromatic heterocycles. The molecule has 1 saturated heterocycles. The Hall–Kier alpha value is -1.95. The minimum absolute atomic E-state index is 0.0438. The van der Waals surface area contributed by atoms with Crippen LogP contribution in [0.5, 0.6) is 5.75 Å². The summed E-state index contributed by atoms with van der Waals surface area (Å²) >= 11 is 13.2. The van der Waals surface area contributed by atoms with Crippen molar-refractivity contribution in [3.8, 4) is 5.75 Å². The minimum Gasteiger partial charge on any atom is -0.491 e. The minimum atomic E-state index is -0.356. The van der Waals surface area contributed by atoms with Crippen molar-refractivity contribution in [3.63, 3.8) is 0 Å². The summed E-state index contributed by atoms with van der Waals surface area (Å²) in [5.74, 6) is 0.416. The molecule has 2 aromatic rings. The number of nitrogens with zero attached hydrogens (tertiary/aromatic N) is 1. The summed E-state index contributed by atoms with van der Waals surface area (Å²) in [5, 5.41) is 0.504. The lowest BCUT2D eigenvalue weighted by molar-refractivity contribution is -0.123. The third-order valence-electron chi connectivity index (χ3n) is 4.34. The Morgan fingerprint density at radius 2 is 1.75 bits per heavy atom. The van der Waals surface area contributed by atoms with Gasteiger partial charge >= 0.3 is 0 Å². The van der Waals surface area contributed by atoms with Crippen LogP contribution in [0.1, 0.15) is 31.4 Å². The molecule has 4 nitrogen and oxygen atoms in total. The summed E-state index contributed by atoms with van der Waals surface area (Å²) in [6, 6.07) is 12.5. The molecular weight excluding hydrogens is 417 g/mol. The van der Waals surface area contributed by atoms with Crippen molar-refractivity contribution in [1.82, 2.24) is 4.90 Å². The van der Waals surface area contributed by atoms with Gasteiger partial charge in [-0.2, -0.15) is 0 Å². The van der Waals surface area contributed by atoms with Crippen molar-refractivity contribution in [1.29, 1.82) is 0 Å². The Balaban J connectivity index is 1.76. The summed E-state index contributed by atoms with van der Waals surface area (Å²) in [6.07, 6.45) is 2.76. The number of carbonyl (C=O) groups excluding carboxylic acids is 2. The van der Waals surface area contributed by atoms with E-state index in [1.54, 1.807) is 24.3 Å². The van der Waals surface area contributed by atoms with Crippen molar-refractivity contribution in [3.05, 3.63) is 68.5 Å². The molecule has 3 rings (SSSR count). The van der Waals surface area contributed by atoms with E-state index in [0.29, 0.717) is 20.5 Å². The standard InChI is InChI=1S/C21H19Cl2NO3S/c1-3-13(2)27-15-9-7-14(8-10-15)11-19-20(25)24(21(26)28-19)12-16-17(22)5-4-6-18(16)23/h4-11,13H,3,12H2,1-2H3/b19-11+/t13-/m0/s1. The first-order valence-electron chi connectivity index (χ1n) is 8.84. The molecule has 0 spiro atoms. The fraction of sp³-hybridized carbons (Fsp3) is 0.238. The summed E-state index contributed by atoms with van der Waals surface area (Å²) < 4.78 is 5.75. The monoisotopic (exact) mass is 435 g/mol. The van der Waals surface area contributed by atoms with Crippen LogP contribution >= 0.6 is 35.0 Å². The molecule has 1 heterocycles. The molecule has 0 saturated carbocycles. The number of rotatable bonds is 6. The molecule has 7 heteroatoms. The second-order valence-corrected chi connectivity index (χ2v) is 8.18. The lowest BCUT2D eigenvalue weighted by Gasteiger charge is -2.14. The van der Waals surface area contributed by atoms with Crippen LogP contribution in [-0.2, 0) is 11.3 Å². The number of amides is 2. The average Bonchev–Trinajstić information content (AvgIpc) is 2.93. The number of carbonyl (C=O) groups is 2. The van der Waals surface area contributed by atoms with E-state index in [1.807, 2.05) is 31.2 Å². The molecule has 1 atom stereocenters. The van der Waals surface area contributed by atoms with E-state index in [1.165, 1.54) is 0 Å². The highest BCUT2D eigenvalue weighted by molar-refractivity contribution is 8.18. The highest BCUT2D eigenvalue weighted by Crippen LogP contribution is 2.35. The summed E-state index contributed by atoms with van der Waals surface area (Å²) in [4.78, 5) is 26.6. The van der Waals surface area contributed by atoms with Gasteiger partial charge in [-0.25, -0.2) is 0 Å². The van der Waals surface area contributed by atoms with Crippen LogP contribution in [0.3, 0.4) is 0 Å². The first kappa shape index (κ1) is 20.8. The van der Waals surface area contributed by atoms with Crippen LogP contribution < -0.4 is 4.74 Å². The molecule has 0 bridgehead atoms. The van der Waals surface area contributed by atoms with Gasteiger partial charge in [0.1, 0.15) is 5.75 Å². The molecular formula is C21H19Cl2NO3S. The molecule has 146 valence electrons. The lowest BCUT2D eigenvalue weighted by atomic mass is 10.2. The van der Waals surface area contributed by atoms with E-state index in [9.17, 15) is 9.59 Å². The van der Waals surface area contributed by atoms with Gasteiger partial charge in [0.15, 0.2) is 0 Å². The molecule has 0 N–H and O–H groups in total. The fourth-order valence-electron chi connectivity index (χ4n) is 2.59. The number of thioether (sulfide) groups is 1. The van der Waals surface area contributed by atoms with Crippen molar-refractivity contribution in [2.45, 2.75) is 32.9 Å². The quantitative estimate of drug-likeness (QED) is 0.491. The average molecular weight is 436 g/mol. The highest BCUT2D eigenvalue weighted by atomic mass is 35.5. The number of benzene rings is 2. The van der Waals surface area contributed by atoms with E-state index < -0.39 is 0 Å². The Morgan fingerprint density at radius 1 is 1.11 bits per heavy atom. The van der Waals surface area contributed by atoms with Gasteiger partial charge in [-0.15, -0.1) is 0 Å². The van der Waals surface area contributed by atoms with E-state index in [2.05, 4.69) is 6.92 Å². The van der Waals surface area contributed by atoms with Crippen LogP contribution in [0.15, 0.2) is 47.4 Å². The smallest absolute Gasteiger partial charge is 0.293 e. The topological polar surface area (TPSA) is 46.6 Å². The number of hydrogen-bond acceptors (Lipinski definition) is 4. The first-order chi connectivity index (χ1) is 13.4. The van der Waals surface area contributed by atoms with Gasteiger partial charge in [0.25, 0.3) is 11.1 Å². The molecule has 2 amide bonds. The third kappa shape index (κ3) is 4.72. The van der Waals surface area contributed by atoms with Crippen molar-refractivity contribution in [2.75, 3.05) is 0 Å². The largest absolute Gasteiger partial charge is 0.491 e. The Morgan fingerprint density at radius 3 is 2.36 bits per heavy atom. The van der Waals surface area contributed by atoms with Gasteiger partial charge in [0.05, 0.1) is 17.6 Å². The van der Waals surface area contributed by atoms with E-state index >= 15 is 0 Å². The van der Waals surface area contributed by atoms with Gasteiger partial charge in [0.2, 0.25) is 0 Å². The summed E-state index contributed by atoms with van der Waals surface area (Å²) in [5.41, 5.74) is 1.37. The molecule has 1 aliphatic heterocycles. The van der Waals surface area contributed by atoms with Crippen LogP contribution in [0, 0.1) is 0 Å². The molecule has 0 unspecified atom stereocenters. The molecule has 0 aliphatic carbocycles. The predicted molar refractivity (Wildman–Crippen MR) is 115 cm³/mol. The maximum Gasteiger partial charge on any atom is 0.293 e. The molecule has 1 aliphatic rings. The number of ether oxygens (including phenoxy) is 1. The zero-order valence-electron chi connectivity index (χ0n) is 15.4. The SMILES string of the molecule is CC[C@H](C)Oc1ccc(/C=C2/SC(=O)N(Cc3c(Cl)cccc3Cl)C2=O)cc1. The van der Waals surface area contributed by atoms with Crippen molar-refractivity contribution in [2.24, 2.45) is 0 Å². The van der Waals surface area contributed by atoms with Crippen LogP contribution in [-0.4, -0.2) is 22.2 Å². The number of halogens is 2. The van der Waals surface area contributed by atoms with E-state index in [4.69, 9.17) is 27.9 Å². The van der Waals surface area contributed by atoms with Gasteiger partial charge < -0.3 is 4.74 Å². The number of hydrogen-bond donors (Lipinski definition) is 0. The maximum atomic E-state index is 12.7. The Labute approximate surface area is 178 Å². The van der Waals surface area contributed by atoms with Crippen molar-refractivity contribution >= 4 is 52.2 Å². The summed E-state index contributed by atoms with van der Waals surface area (Å²) in [7, 11) is 0. The normalized spacial score (nSPS) is 16.7. The fourth-order valence-corrected chi connectivity index (χ4v) is 3.94. The van der Waals surface area contributed by atoms with Gasteiger partial charge in [-0.3, -0.25) is 14.5 Å². The maximum absolute atomic E-state index is 12.7. The van der Waals surface area contributed by atoms with Gasteiger partial charge in [-0.1, -0.05) is 48.3 Å². The van der Waals surface area contributed by atoms with E-state index in [-0.39, 0.29) is 23.8 Å². The second kappa shape index (κ2) is 9.03. The predicted octanol–water partition coefficient (Wildman–Crippen LogP) is 6.41. The zero-order valence-corrected chi connectivity index (χ0v) is 17.8. The molecule has 2 aromatic carbocycles. The van der Waals surface area contributed by atoms with Crippen LogP contribution in [0.2, 0.25) is 10.0 Å². The molecule has 28 heavy (non-hydrogen) atoms. The first-order valence-corrected chi connectivity index (χ1v) is 10.4. The second-order valence-electron chi connectivity index (χ2n) is 6.37. The highest BCUT2D eigenvalue weighted by Gasteiger charge is 2.35. The molecule has 0 radical (unpaired) electrons. The van der Waals surface area contributed by atoms with Crippen molar-refractivity contribution < 1.29 is 14.3 Å². The Bertz CT molecular complexity index is 907. The van der Waals surface area contributed by atoms with Crippen LogP contribution in [0.4, 0.5) is 4.79 Å². The molecule has 1 fully saturated rings. The van der Waals surface area contributed by atoms with Gasteiger partial charge in [-0.05, 0) is 61.0 Å². The lowest BCUT2D eigenvalue weighted by Crippen LogP contribution is -2.27. The van der Waals surface area contributed by atoms with Gasteiger partial charge in [0, 0.05) is 15.6 Å². The Kier molecular flexibility index (Phi) is 6.70.